The number of hydrogen-bond acceptors (Lipinski definition) is 5. The zero-order chi connectivity index (χ0) is 16.3. The van der Waals surface area contributed by atoms with Gasteiger partial charge in [0.15, 0.2) is 0 Å². The molecule has 1 aliphatic heterocycles. The predicted molar refractivity (Wildman–Crippen MR) is 84.6 cm³/mol. The molecule has 0 amide bonds. The molecule has 2 N–H and O–H groups in total. The maximum absolute atomic E-state index is 12.3. The third kappa shape index (κ3) is 3.00. The minimum atomic E-state index is -0.664. The van der Waals surface area contributed by atoms with Crippen LogP contribution in [0, 0.1) is 11.3 Å². The van der Waals surface area contributed by atoms with Crippen LogP contribution in [0.3, 0.4) is 0 Å². The molecule has 0 fully saturated rings. The van der Waals surface area contributed by atoms with Crippen LogP contribution in [-0.4, -0.2) is 17.7 Å². The lowest BCUT2D eigenvalue weighted by Gasteiger charge is -2.27. The Morgan fingerprint density at radius 1 is 1.55 bits per heavy atom. The maximum Gasteiger partial charge on any atom is 0.336 e. The summed E-state index contributed by atoms with van der Waals surface area (Å²) in [5.41, 5.74) is 1.61. The van der Waals surface area contributed by atoms with Gasteiger partial charge < -0.3 is 15.2 Å². The fourth-order valence-electron chi connectivity index (χ4n) is 2.43. The Kier molecular flexibility index (Phi) is 4.88. The van der Waals surface area contributed by atoms with Crippen LogP contribution in [0.25, 0.3) is 0 Å². The Balaban J connectivity index is 2.62. The second-order valence-corrected chi connectivity index (χ2v) is 5.66. The summed E-state index contributed by atoms with van der Waals surface area (Å²) < 4.78 is 5.92. The summed E-state index contributed by atoms with van der Waals surface area (Å²) in [5, 5.41) is 22.1. The van der Waals surface area contributed by atoms with Crippen LogP contribution in [0.4, 0.5) is 0 Å². The molecule has 1 aromatic carbocycles. The first kappa shape index (κ1) is 16.1. The number of ether oxygens (including phenoxy) is 1. The summed E-state index contributed by atoms with van der Waals surface area (Å²) in [6.45, 7) is 3.62. The van der Waals surface area contributed by atoms with E-state index in [2.05, 4.69) is 21.2 Å². The number of rotatable bonds is 3. The van der Waals surface area contributed by atoms with Crippen molar-refractivity contribution in [2.45, 2.75) is 19.8 Å². The summed E-state index contributed by atoms with van der Waals surface area (Å²) in [4.78, 5) is 12.3. The topological polar surface area (TPSA) is 82.3 Å². The van der Waals surface area contributed by atoms with E-state index in [1.54, 1.807) is 19.9 Å². The number of aliphatic hydroxyl groups is 1. The Bertz CT molecular complexity index is 716. The first-order chi connectivity index (χ1) is 10.5. The number of dihydropyridines is 1. The van der Waals surface area contributed by atoms with E-state index in [4.69, 9.17) is 4.74 Å². The summed E-state index contributed by atoms with van der Waals surface area (Å²) in [6, 6.07) is 9.25. The molecule has 6 heteroatoms. The molecule has 0 saturated carbocycles. The van der Waals surface area contributed by atoms with Crippen molar-refractivity contribution in [3.63, 3.8) is 0 Å². The minimum absolute atomic E-state index is 0.0896. The number of nitrogens with zero attached hydrogens (tertiary/aromatic N) is 1. The molecule has 0 unspecified atom stereocenters. The van der Waals surface area contributed by atoms with Crippen molar-refractivity contribution in [2.75, 3.05) is 6.61 Å². The van der Waals surface area contributed by atoms with Gasteiger partial charge in [-0.1, -0.05) is 28.1 Å². The van der Waals surface area contributed by atoms with Gasteiger partial charge in [-0.25, -0.2) is 4.79 Å². The van der Waals surface area contributed by atoms with E-state index in [9.17, 15) is 15.2 Å². The largest absolute Gasteiger partial charge is 0.494 e. The third-order valence-electron chi connectivity index (χ3n) is 3.34. The smallest absolute Gasteiger partial charge is 0.336 e. The quantitative estimate of drug-likeness (QED) is 0.806. The summed E-state index contributed by atoms with van der Waals surface area (Å²) in [6.07, 6.45) is 0. The highest BCUT2D eigenvalue weighted by Gasteiger charge is 2.35. The van der Waals surface area contributed by atoms with Gasteiger partial charge in [-0.05, 0) is 31.5 Å². The van der Waals surface area contributed by atoms with Crippen molar-refractivity contribution < 1.29 is 14.6 Å². The number of halogens is 1. The van der Waals surface area contributed by atoms with Crippen molar-refractivity contribution in [1.29, 1.82) is 5.26 Å². The molecule has 1 aromatic rings. The van der Waals surface area contributed by atoms with Crippen molar-refractivity contribution in [3.8, 4) is 6.07 Å². The summed E-state index contributed by atoms with van der Waals surface area (Å²) in [7, 11) is 0. The molecule has 0 saturated heterocycles. The van der Waals surface area contributed by atoms with Gasteiger partial charge in [0.25, 0.3) is 0 Å². The standard InChI is InChI=1S/C16H15BrN2O3/c1-3-22-16(21)13-9(2)19-15(20)12(8-18)14(13)10-5-4-6-11(17)7-10/h4-7,14,19-20H,3H2,1-2H3/t14-/m0/s1. The molecular formula is C16H15BrN2O3. The molecule has 0 radical (unpaired) electrons. The van der Waals surface area contributed by atoms with Crippen molar-refractivity contribution in [3.05, 3.63) is 57.0 Å². The van der Waals surface area contributed by atoms with E-state index in [0.717, 1.165) is 10.0 Å². The molecule has 0 bridgehead atoms. The van der Waals surface area contributed by atoms with Crippen molar-refractivity contribution >= 4 is 21.9 Å². The van der Waals surface area contributed by atoms with Gasteiger partial charge in [0, 0.05) is 10.2 Å². The fraction of sp³-hybridized carbons (Fsp3) is 0.250. The predicted octanol–water partition coefficient (Wildman–Crippen LogP) is 3.27. The van der Waals surface area contributed by atoms with Crippen LogP contribution >= 0.6 is 15.9 Å². The van der Waals surface area contributed by atoms with Crippen LogP contribution in [0.5, 0.6) is 0 Å². The third-order valence-corrected chi connectivity index (χ3v) is 3.83. The molecule has 22 heavy (non-hydrogen) atoms. The SMILES string of the molecule is CCOC(=O)C1=C(C)NC(O)=C(C#N)[C@@H]1c1cccc(Br)c1. The average Bonchev–Trinajstić information content (AvgIpc) is 2.46. The normalized spacial score (nSPS) is 17.8. The highest BCUT2D eigenvalue weighted by atomic mass is 79.9. The molecule has 2 rings (SSSR count). The molecule has 0 spiro atoms. The number of nitrogens with one attached hydrogen (secondary N) is 1. The molecule has 114 valence electrons. The number of esters is 1. The van der Waals surface area contributed by atoms with Crippen LogP contribution in [-0.2, 0) is 9.53 Å². The van der Waals surface area contributed by atoms with Crippen LogP contribution in [0.15, 0.2) is 51.5 Å². The second kappa shape index (κ2) is 6.67. The van der Waals surface area contributed by atoms with Crippen LogP contribution in [0.2, 0.25) is 0 Å². The zero-order valence-electron chi connectivity index (χ0n) is 12.2. The van der Waals surface area contributed by atoms with E-state index >= 15 is 0 Å². The zero-order valence-corrected chi connectivity index (χ0v) is 13.8. The van der Waals surface area contributed by atoms with Gasteiger partial charge >= 0.3 is 5.97 Å². The molecule has 0 aliphatic carbocycles. The van der Waals surface area contributed by atoms with Gasteiger partial charge in [0.05, 0.1) is 18.1 Å². The molecule has 1 aliphatic rings. The number of benzene rings is 1. The lowest BCUT2D eigenvalue weighted by Crippen LogP contribution is -2.29. The fourth-order valence-corrected chi connectivity index (χ4v) is 2.84. The van der Waals surface area contributed by atoms with Crippen molar-refractivity contribution in [2.24, 2.45) is 0 Å². The van der Waals surface area contributed by atoms with E-state index in [-0.39, 0.29) is 18.1 Å². The Labute approximate surface area is 137 Å². The van der Waals surface area contributed by atoms with E-state index in [0.29, 0.717) is 11.3 Å². The molecule has 1 heterocycles. The lowest BCUT2D eigenvalue weighted by atomic mass is 9.82. The molecular weight excluding hydrogens is 348 g/mol. The highest BCUT2D eigenvalue weighted by Crippen LogP contribution is 2.38. The Morgan fingerprint density at radius 2 is 2.27 bits per heavy atom. The molecule has 5 nitrogen and oxygen atoms in total. The van der Waals surface area contributed by atoms with Gasteiger partial charge in [0.2, 0.25) is 5.88 Å². The number of nitriles is 1. The Hall–Kier alpha value is -2.26. The molecule has 0 aromatic heterocycles. The van der Waals surface area contributed by atoms with Gasteiger partial charge in [-0.2, -0.15) is 5.26 Å². The number of allylic oxidation sites excluding steroid dienone is 2. The number of carbonyl (C=O) groups is 1. The van der Waals surface area contributed by atoms with Crippen LogP contribution < -0.4 is 5.32 Å². The Morgan fingerprint density at radius 3 is 2.86 bits per heavy atom. The number of carbonyl (C=O) groups excluding carboxylic acids is 1. The number of hydrogen-bond donors (Lipinski definition) is 2. The van der Waals surface area contributed by atoms with Gasteiger partial charge in [-0.3, -0.25) is 0 Å². The first-order valence-electron chi connectivity index (χ1n) is 6.73. The monoisotopic (exact) mass is 362 g/mol. The van der Waals surface area contributed by atoms with E-state index in [1.165, 1.54) is 0 Å². The minimum Gasteiger partial charge on any atom is -0.494 e. The second-order valence-electron chi connectivity index (χ2n) is 4.75. The van der Waals surface area contributed by atoms with Crippen molar-refractivity contribution in [1.82, 2.24) is 5.32 Å². The summed E-state index contributed by atoms with van der Waals surface area (Å²) >= 11 is 3.38. The summed E-state index contributed by atoms with van der Waals surface area (Å²) in [5.74, 6) is -1.40. The maximum atomic E-state index is 12.3. The van der Waals surface area contributed by atoms with E-state index in [1.807, 2.05) is 24.3 Å². The average molecular weight is 363 g/mol. The van der Waals surface area contributed by atoms with Gasteiger partial charge in [0.1, 0.15) is 11.6 Å². The lowest BCUT2D eigenvalue weighted by molar-refractivity contribution is -0.138. The van der Waals surface area contributed by atoms with Gasteiger partial charge in [-0.15, -0.1) is 0 Å². The highest BCUT2D eigenvalue weighted by molar-refractivity contribution is 9.10. The van der Waals surface area contributed by atoms with Crippen LogP contribution in [0.1, 0.15) is 25.3 Å². The number of aliphatic hydroxyl groups excluding tert-OH is 1. The van der Waals surface area contributed by atoms with E-state index < -0.39 is 11.9 Å². The molecule has 1 atom stereocenters. The first-order valence-corrected chi connectivity index (χ1v) is 7.52.